The van der Waals surface area contributed by atoms with Crippen LogP contribution in [0.25, 0.3) is 23.1 Å². The van der Waals surface area contributed by atoms with Crippen LogP contribution in [0.3, 0.4) is 0 Å². The molecule has 1 aliphatic heterocycles. The van der Waals surface area contributed by atoms with E-state index in [4.69, 9.17) is 15.3 Å². The number of benzene rings is 3. The molecule has 0 atom stereocenters. The molecule has 0 saturated carbocycles. The van der Waals surface area contributed by atoms with Gasteiger partial charge in [-0.3, -0.25) is 9.59 Å². The van der Waals surface area contributed by atoms with Crippen LogP contribution in [0.2, 0.25) is 0 Å². The highest BCUT2D eigenvalue weighted by Gasteiger charge is 2.29. The van der Waals surface area contributed by atoms with Crippen LogP contribution >= 0.6 is 0 Å². The first-order valence-corrected chi connectivity index (χ1v) is 11.5. The third-order valence-corrected chi connectivity index (χ3v) is 6.04. The molecule has 7 heteroatoms. The summed E-state index contributed by atoms with van der Waals surface area (Å²) in [5, 5.41) is 9.17. The zero-order valence-electron chi connectivity index (χ0n) is 19.6. The molecule has 0 saturated heterocycles. The highest BCUT2D eigenvalue weighted by molar-refractivity contribution is 6.10. The lowest BCUT2D eigenvalue weighted by Crippen LogP contribution is -2.25. The molecular formula is C30H22N2O5. The minimum atomic E-state index is -1.00. The molecule has 4 aromatic rings. The molecule has 182 valence electrons. The minimum absolute atomic E-state index is 0.186. The van der Waals surface area contributed by atoms with Gasteiger partial charge in [0.15, 0.2) is 0 Å². The van der Waals surface area contributed by atoms with Crippen molar-refractivity contribution in [2.75, 3.05) is 0 Å². The van der Waals surface area contributed by atoms with Gasteiger partial charge in [0.25, 0.3) is 5.91 Å². The van der Waals surface area contributed by atoms with E-state index >= 15 is 0 Å². The number of furan rings is 1. The normalized spacial score (nSPS) is 14.2. The number of carboxylic acid groups (broad SMARTS) is 1. The first-order chi connectivity index (χ1) is 17.9. The smallest absolute Gasteiger partial charge is 0.335 e. The second-order valence-corrected chi connectivity index (χ2v) is 8.54. The minimum Gasteiger partial charge on any atom is -0.478 e. The summed E-state index contributed by atoms with van der Waals surface area (Å²) in [6.45, 7) is 0.278. The average molecular weight is 491 g/mol. The highest BCUT2D eigenvalue weighted by atomic mass is 16.4. The molecule has 0 unspecified atom stereocenters. The summed E-state index contributed by atoms with van der Waals surface area (Å²) in [7, 11) is 0. The van der Waals surface area contributed by atoms with Crippen molar-refractivity contribution in [1.82, 2.24) is 4.90 Å². The second-order valence-electron chi connectivity index (χ2n) is 8.54. The summed E-state index contributed by atoms with van der Waals surface area (Å²) in [5.41, 5.74) is 9.52. The topological polar surface area (TPSA) is 114 Å². The Hall–Kier alpha value is -5.17. The standard InChI is InChI=1S/C30H22N2O5/c31-28(33)23-8-4-7-22(15-23)27-14-13-25(37-27)16-24-17-26(20-5-2-1-3-6-20)32(29(24)34)18-19-9-11-21(12-10-19)30(35)36/h1-17H,18H2,(H2,31,33)(H,35,36). The maximum Gasteiger partial charge on any atom is 0.335 e. The van der Waals surface area contributed by atoms with Crippen LogP contribution < -0.4 is 5.73 Å². The molecule has 0 radical (unpaired) electrons. The number of hydrogen-bond donors (Lipinski definition) is 2. The Morgan fingerprint density at radius 3 is 2.30 bits per heavy atom. The number of carbonyl (C=O) groups excluding carboxylic acids is 2. The molecule has 2 amide bonds. The van der Waals surface area contributed by atoms with Gasteiger partial charge in [-0.25, -0.2) is 4.79 Å². The Bertz CT molecular complexity index is 1560. The summed E-state index contributed by atoms with van der Waals surface area (Å²) < 4.78 is 5.96. The van der Waals surface area contributed by atoms with Gasteiger partial charge in [-0.2, -0.15) is 0 Å². The average Bonchev–Trinajstić information content (AvgIpc) is 3.50. The largest absolute Gasteiger partial charge is 0.478 e. The van der Waals surface area contributed by atoms with Gasteiger partial charge >= 0.3 is 5.97 Å². The second kappa shape index (κ2) is 9.83. The van der Waals surface area contributed by atoms with E-state index in [-0.39, 0.29) is 18.0 Å². The maximum atomic E-state index is 13.5. The summed E-state index contributed by atoms with van der Waals surface area (Å²) in [6, 6.07) is 26.4. The molecule has 0 bridgehead atoms. The van der Waals surface area contributed by atoms with Crippen LogP contribution in [0.5, 0.6) is 0 Å². The molecule has 0 spiro atoms. The molecule has 3 N–H and O–H groups in total. The zero-order chi connectivity index (χ0) is 25.9. The van der Waals surface area contributed by atoms with Crippen molar-refractivity contribution in [3.63, 3.8) is 0 Å². The lowest BCUT2D eigenvalue weighted by molar-refractivity contribution is -0.123. The predicted molar refractivity (Wildman–Crippen MR) is 139 cm³/mol. The van der Waals surface area contributed by atoms with Crippen LogP contribution in [0.15, 0.2) is 107 Å². The van der Waals surface area contributed by atoms with Crippen molar-refractivity contribution in [3.05, 3.63) is 131 Å². The molecule has 1 aliphatic rings. The van der Waals surface area contributed by atoms with E-state index in [0.717, 1.165) is 16.8 Å². The Morgan fingerprint density at radius 1 is 0.865 bits per heavy atom. The quantitative estimate of drug-likeness (QED) is 0.345. The Kier molecular flexibility index (Phi) is 6.26. The maximum absolute atomic E-state index is 13.5. The van der Waals surface area contributed by atoms with Crippen LogP contribution in [0.4, 0.5) is 0 Å². The monoisotopic (exact) mass is 490 g/mol. The van der Waals surface area contributed by atoms with E-state index in [0.29, 0.717) is 28.2 Å². The number of carboxylic acids is 1. The number of hydrogen-bond acceptors (Lipinski definition) is 4. The molecule has 5 rings (SSSR count). The lowest BCUT2D eigenvalue weighted by atomic mass is 10.1. The fraction of sp³-hybridized carbons (Fsp3) is 0.0333. The zero-order valence-corrected chi connectivity index (χ0v) is 19.6. The third-order valence-electron chi connectivity index (χ3n) is 6.04. The van der Waals surface area contributed by atoms with Crippen LogP contribution in [0.1, 0.15) is 37.6 Å². The van der Waals surface area contributed by atoms with Crippen molar-refractivity contribution in [3.8, 4) is 11.3 Å². The summed E-state index contributed by atoms with van der Waals surface area (Å²) >= 11 is 0. The van der Waals surface area contributed by atoms with Gasteiger partial charge in [-0.15, -0.1) is 0 Å². The Morgan fingerprint density at radius 2 is 1.59 bits per heavy atom. The van der Waals surface area contributed by atoms with Gasteiger partial charge in [0, 0.05) is 16.7 Å². The lowest BCUT2D eigenvalue weighted by Gasteiger charge is -2.21. The summed E-state index contributed by atoms with van der Waals surface area (Å²) in [6.07, 6.45) is 3.50. The fourth-order valence-electron chi connectivity index (χ4n) is 4.16. The number of nitrogens with zero attached hydrogens (tertiary/aromatic N) is 1. The van der Waals surface area contributed by atoms with Gasteiger partial charge in [-0.1, -0.05) is 54.6 Å². The van der Waals surface area contributed by atoms with E-state index in [1.54, 1.807) is 53.4 Å². The first kappa shape index (κ1) is 23.6. The number of carbonyl (C=O) groups is 3. The number of nitrogens with two attached hydrogens (primary N) is 1. The van der Waals surface area contributed by atoms with Gasteiger partial charge in [0.1, 0.15) is 11.5 Å². The van der Waals surface area contributed by atoms with Crippen LogP contribution in [-0.4, -0.2) is 27.8 Å². The molecule has 37 heavy (non-hydrogen) atoms. The Labute approximate surface area is 212 Å². The fourth-order valence-corrected chi connectivity index (χ4v) is 4.16. The molecule has 0 fully saturated rings. The van der Waals surface area contributed by atoms with Crippen molar-refractivity contribution in [2.45, 2.75) is 6.54 Å². The molecular weight excluding hydrogens is 468 g/mol. The molecule has 1 aromatic heterocycles. The van der Waals surface area contributed by atoms with Crippen molar-refractivity contribution < 1.29 is 23.9 Å². The van der Waals surface area contributed by atoms with Crippen LogP contribution in [0, 0.1) is 0 Å². The van der Waals surface area contributed by atoms with E-state index in [1.807, 2.05) is 42.5 Å². The Balaban J connectivity index is 1.46. The van der Waals surface area contributed by atoms with Gasteiger partial charge in [0.05, 0.1) is 17.8 Å². The number of aromatic carboxylic acids is 1. The van der Waals surface area contributed by atoms with E-state index < -0.39 is 11.9 Å². The van der Waals surface area contributed by atoms with Gasteiger partial charge < -0.3 is 20.2 Å². The predicted octanol–water partition coefficient (Wildman–Crippen LogP) is 5.21. The summed E-state index contributed by atoms with van der Waals surface area (Å²) in [4.78, 5) is 37.9. The van der Waals surface area contributed by atoms with E-state index in [1.165, 1.54) is 12.1 Å². The molecule has 0 aliphatic carbocycles. The third kappa shape index (κ3) is 4.97. The van der Waals surface area contributed by atoms with Crippen molar-refractivity contribution in [2.24, 2.45) is 5.73 Å². The number of rotatable bonds is 7. The number of primary amides is 1. The first-order valence-electron chi connectivity index (χ1n) is 11.5. The number of amides is 2. The van der Waals surface area contributed by atoms with Crippen LogP contribution in [-0.2, 0) is 11.3 Å². The SMILES string of the molecule is NC(=O)c1cccc(-c2ccc(C=C3C=C(c4ccccc4)N(Cc4ccc(C(=O)O)cc4)C3=O)o2)c1. The van der Waals surface area contributed by atoms with Crippen molar-refractivity contribution in [1.29, 1.82) is 0 Å². The van der Waals surface area contributed by atoms with Gasteiger partial charge in [0.2, 0.25) is 5.91 Å². The summed E-state index contributed by atoms with van der Waals surface area (Å²) in [5.74, 6) is -0.696. The highest BCUT2D eigenvalue weighted by Crippen LogP contribution is 2.33. The molecule has 2 heterocycles. The van der Waals surface area contributed by atoms with E-state index in [9.17, 15) is 14.4 Å². The van der Waals surface area contributed by atoms with Crippen molar-refractivity contribution >= 4 is 29.6 Å². The molecule has 7 nitrogen and oxygen atoms in total. The van der Waals surface area contributed by atoms with Gasteiger partial charge in [-0.05, 0) is 59.7 Å². The van der Waals surface area contributed by atoms with E-state index in [2.05, 4.69) is 0 Å². The molecule has 3 aromatic carbocycles.